The van der Waals surface area contributed by atoms with Crippen LogP contribution >= 0.6 is 24.8 Å². The summed E-state index contributed by atoms with van der Waals surface area (Å²) in [6.07, 6.45) is 3.09. The van der Waals surface area contributed by atoms with Gasteiger partial charge in [-0.05, 0) is 24.7 Å². The molecule has 1 atom stereocenters. The van der Waals surface area contributed by atoms with E-state index in [1.54, 1.807) is 7.11 Å². The van der Waals surface area contributed by atoms with Crippen LogP contribution in [-0.2, 0) is 9.53 Å². The molecule has 1 amide bonds. The summed E-state index contributed by atoms with van der Waals surface area (Å²) < 4.78 is 5.07. The number of nitrogens with zero attached hydrogens (tertiary/aromatic N) is 1. The number of carbonyl (C=O) groups excluding carboxylic acids is 1. The van der Waals surface area contributed by atoms with Crippen LogP contribution in [0.15, 0.2) is 0 Å². The number of nitrogens with two attached hydrogens (primary N) is 1. The van der Waals surface area contributed by atoms with Crippen LogP contribution in [0.1, 0.15) is 40.0 Å². The number of amides is 1. The Morgan fingerprint density at radius 2 is 1.86 bits per heavy atom. The van der Waals surface area contributed by atoms with Crippen molar-refractivity contribution in [3.8, 4) is 0 Å². The highest BCUT2D eigenvalue weighted by atomic mass is 35.5. The molecule has 1 aliphatic rings. The molecule has 1 saturated heterocycles. The molecule has 134 valence electrons. The van der Waals surface area contributed by atoms with E-state index in [1.807, 2.05) is 20.8 Å². The lowest BCUT2D eigenvalue weighted by atomic mass is 9.86. The molecule has 0 aromatic carbocycles. The fourth-order valence-electron chi connectivity index (χ4n) is 2.42. The average Bonchev–Trinajstić information content (AvgIpc) is 2.39. The van der Waals surface area contributed by atoms with E-state index in [4.69, 9.17) is 10.5 Å². The topological polar surface area (TPSA) is 67.6 Å². The number of nitrogens with one attached hydrogen (secondary N) is 1. The lowest BCUT2D eigenvalue weighted by Gasteiger charge is -2.34. The van der Waals surface area contributed by atoms with Crippen molar-refractivity contribution in [3.05, 3.63) is 0 Å². The summed E-state index contributed by atoms with van der Waals surface area (Å²) in [4.78, 5) is 14.5. The molecule has 5 nitrogen and oxygen atoms in total. The van der Waals surface area contributed by atoms with Crippen molar-refractivity contribution in [3.63, 3.8) is 0 Å². The normalized spacial score (nSPS) is 18.0. The number of carbonyl (C=O) groups is 1. The monoisotopic (exact) mass is 357 g/mol. The molecule has 1 heterocycles. The zero-order valence-corrected chi connectivity index (χ0v) is 15.9. The summed E-state index contributed by atoms with van der Waals surface area (Å²) in [6.45, 7) is 9.97. The smallest absolute Gasteiger partial charge is 0.237 e. The van der Waals surface area contributed by atoms with Crippen molar-refractivity contribution in [2.45, 2.75) is 52.1 Å². The number of ether oxygens (including phenoxy) is 1. The van der Waals surface area contributed by atoms with Crippen molar-refractivity contribution >= 4 is 30.7 Å². The first-order valence-electron chi connectivity index (χ1n) is 7.62. The van der Waals surface area contributed by atoms with Crippen LogP contribution in [0.3, 0.4) is 0 Å². The maximum atomic E-state index is 12.1. The molecular weight excluding hydrogens is 325 g/mol. The van der Waals surface area contributed by atoms with Gasteiger partial charge in [0.05, 0.1) is 6.04 Å². The van der Waals surface area contributed by atoms with Crippen LogP contribution < -0.4 is 11.1 Å². The van der Waals surface area contributed by atoms with E-state index in [-0.39, 0.29) is 42.2 Å². The number of likely N-dealkylation sites (tertiary alicyclic amines) is 1. The third-order valence-corrected chi connectivity index (χ3v) is 3.97. The molecule has 0 saturated carbocycles. The summed E-state index contributed by atoms with van der Waals surface area (Å²) in [6, 6.07) is -0.170. The summed E-state index contributed by atoms with van der Waals surface area (Å²) in [5, 5.41) is 3.10. The van der Waals surface area contributed by atoms with E-state index in [0.29, 0.717) is 0 Å². The Morgan fingerprint density at radius 1 is 1.32 bits per heavy atom. The largest absolute Gasteiger partial charge is 0.385 e. The second-order valence-corrected chi connectivity index (χ2v) is 6.81. The second kappa shape index (κ2) is 11.5. The first-order chi connectivity index (χ1) is 9.34. The third-order valence-electron chi connectivity index (χ3n) is 3.97. The Kier molecular flexibility index (Phi) is 12.6. The fourth-order valence-corrected chi connectivity index (χ4v) is 2.42. The molecule has 0 radical (unpaired) electrons. The van der Waals surface area contributed by atoms with E-state index < -0.39 is 6.04 Å². The van der Waals surface area contributed by atoms with E-state index in [9.17, 15) is 4.79 Å². The predicted molar refractivity (Wildman–Crippen MR) is 96.0 cm³/mol. The van der Waals surface area contributed by atoms with E-state index in [1.165, 1.54) is 0 Å². The summed E-state index contributed by atoms with van der Waals surface area (Å²) in [7, 11) is 1.74. The van der Waals surface area contributed by atoms with Gasteiger partial charge in [0.1, 0.15) is 0 Å². The highest BCUT2D eigenvalue weighted by Crippen LogP contribution is 2.18. The van der Waals surface area contributed by atoms with Crippen molar-refractivity contribution in [1.29, 1.82) is 0 Å². The molecule has 22 heavy (non-hydrogen) atoms. The average molecular weight is 358 g/mol. The molecule has 1 fully saturated rings. The van der Waals surface area contributed by atoms with Gasteiger partial charge in [0.2, 0.25) is 5.91 Å². The molecule has 7 heteroatoms. The molecule has 0 unspecified atom stereocenters. The van der Waals surface area contributed by atoms with Gasteiger partial charge in [0.15, 0.2) is 0 Å². The minimum Gasteiger partial charge on any atom is -0.385 e. The fraction of sp³-hybridized carbons (Fsp3) is 0.933. The Balaban J connectivity index is 0. The highest BCUT2D eigenvalue weighted by Gasteiger charge is 2.29. The zero-order valence-electron chi connectivity index (χ0n) is 14.3. The van der Waals surface area contributed by atoms with Crippen LogP contribution in [0, 0.1) is 5.41 Å². The van der Waals surface area contributed by atoms with Crippen molar-refractivity contribution in [2.24, 2.45) is 11.1 Å². The van der Waals surface area contributed by atoms with Gasteiger partial charge >= 0.3 is 0 Å². The summed E-state index contributed by atoms with van der Waals surface area (Å²) in [5.74, 6) is -0.0182. The number of methoxy groups -OCH3 is 1. The zero-order chi connectivity index (χ0) is 15.2. The summed E-state index contributed by atoms with van der Waals surface area (Å²) in [5.41, 5.74) is 5.79. The maximum absolute atomic E-state index is 12.1. The predicted octanol–water partition coefficient (Wildman–Crippen LogP) is 1.82. The molecule has 0 bridgehead atoms. The third kappa shape index (κ3) is 8.53. The van der Waals surface area contributed by atoms with Gasteiger partial charge in [0.25, 0.3) is 0 Å². The first kappa shape index (κ1) is 24.2. The maximum Gasteiger partial charge on any atom is 0.237 e. The van der Waals surface area contributed by atoms with Gasteiger partial charge in [0, 0.05) is 39.4 Å². The molecule has 0 aromatic heterocycles. The van der Waals surface area contributed by atoms with E-state index >= 15 is 0 Å². The Labute approximate surface area is 147 Å². The number of piperidine rings is 1. The molecule has 0 spiro atoms. The van der Waals surface area contributed by atoms with Gasteiger partial charge < -0.3 is 20.7 Å². The van der Waals surface area contributed by atoms with E-state index in [0.717, 1.165) is 45.5 Å². The van der Waals surface area contributed by atoms with Crippen LogP contribution in [0.5, 0.6) is 0 Å². The summed E-state index contributed by atoms with van der Waals surface area (Å²) >= 11 is 0. The Bertz CT molecular complexity index is 304. The lowest BCUT2D eigenvalue weighted by molar-refractivity contribution is -0.125. The van der Waals surface area contributed by atoms with Crippen molar-refractivity contribution in [2.75, 3.05) is 33.4 Å². The Hall–Kier alpha value is -0.0700. The number of hydrogen-bond donors (Lipinski definition) is 2. The van der Waals surface area contributed by atoms with Crippen LogP contribution in [-0.4, -0.2) is 56.2 Å². The van der Waals surface area contributed by atoms with Crippen molar-refractivity contribution in [1.82, 2.24) is 10.2 Å². The molecule has 3 N–H and O–H groups in total. The molecule has 1 aliphatic heterocycles. The quantitative estimate of drug-likeness (QED) is 0.711. The molecule has 1 rings (SSSR count). The minimum atomic E-state index is -0.442. The second-order valence-electron chi connectivity index (χ2n) is 6.81. The van der Waals surface area contributed by atoms with Crippen LogP contribution in [0.25, 0.3) is 0 Å². The lowest BCUT2D eigenvalue weighted by Crippen LogP contribution is -2.53. The van der Waals surface area contributed by atoms with Gasteiger partial charge in [-0.15, -0.1) is 24.8 Å². The SMILES string of the molecule is COCCCN1CCC(NC(=O)[C@@H](N)C(C)(C)C)CC1.Cl.Cl. The standard InChI is InChI=1S/C15H31N3O2.2ClH/c1-15(2,3)13(16)14(19)17-12-6-9-18(10-7-12)8-5-11-20-4;;/h12-13H,5-11,16H2,1-4H3,(H,17,19);2*1H/t13-;;/m1../s1. The Morgan fingerprint density at radius 3 is 2.32 bits per heavy atom. The van der Waals surface area contributed by atoms with Crippen molar-refractivity contribution < 1.29 is 9.53 Å². The molecule has 0 aliphatic carbocycles. The van der Waals surface area contributed by atoms with E-state index in [2.05, 4.69) is 10.2 Å². The van der Waals surface area contributed by atoms with Gasteiger partial charge in [-0.2, -0.15) is 0 Å². The van der Waals surface area contributed by atoms with Gasteiger partial charge in [-0.1, -0.05) is 20.8 Å². The van der Waals surface area contributed by atoms with Crippen LogP contribution in [0.2, 0.25) is 0 Å². The minimum absolute atomic E-state index is 0. The first-order valence-corrected chi connectivity index (χ1v) is 7.62. The molecule has 0 aromatic rings. The van der Waals surface area contributed by atoms with Gasteiger partial charge in [-0.3, -0.25) is 4.79 Å². The number of rotatable bonds is 6. The highest BCUT2D eigenvalue weighted by molar-refractivity contribution is 5.85. The number of hydrogen-bond acceptors (Lipinski definition) is 4. The van der Waals surface area contributed by atoms with Crippen LogP contribution in [0.4, 0.5) is 0 Å². The molecular formula is C15H33Cl2N3O2. The number of halogens is 2. The van der Waals surface area contributed by atoms with Gasteiger partial charge in [-0.25, -0.2) is 0 Å².